The fraction of sp³-hybridized carbons (Fsp3) is 0.0833. The summed E-state index contributed by atoms with van der Waals surface area (Å²) >= 11 is 0.749. The van der Waals surface area contributed by atoms with E-state index < -0.39 is 11.9 Å². The predicted octanol–water partition coefficient (Wildman–Crippen LogP) is 2.37. The lowest BCUT2D eigenvalue weighted by Gasteiger charge is -2.01. The Kier molecular flexibility index (Phi) is 3.38. The van der Waals surface area contributed by atoms with Gasteiger partial charge in [-0.05, 0) is 36.7 Å². The van der Waals surface area contributed by atoms with Crippen LogP contribution in [0.1, 0.15) is 25.7 Å². The summed E-state index contributed by atoms with van der Waals surface area (Å²) in [6.07, 6.45) is 0. The lowest BCUT2D eigenvalue weighted by molar-refractivity contribution is 0.0702. The molecule has 1 aromatic carbocycles. The number of hydrogen-bond acceptors (Lipinski definition) is 5. The topological polar surface area (TPSA) is 76.5 Å². The largest absolute Gasteiger partial charge is 0.477 e. The third kappa shape index (κ3) is 2.72. The number of aromatic carboxylic acids is 1. The van der Waals surface area contributed by atoms with E-state index in [0.29, 0.717) is 5.75 Å². The minimum absolute atomic E-state index is 0.00188. The number of rotatable bonds is 3. The van der Waals surface area contributed by atoms with Gasteiger partial charge in [0.15, 0.2) is 5.69 Å². The van der Waals surface area contributed by atoms with Crippen molar-refractivity contribution < 1.29 is 19.4 Å². The molecule has 6 heteroatoms. The molecule has 18 heavy (non-hydrogen) atoms. The van der Waals surface area contributed by atoms with E-state index in [0.717, 1.165) is 17.1 Å². The molecular weight excluding hydrogens is 254 g/mol. The van der Waals surface area contributed by atoms with Gasteiger partial charge in [-0.2, -0.15) is 4.37 Å². The lowest BCUT2D eigenvalue weighted by atomic mass is 10.2. The molecule has 2 aromatic rings. The molecule has 0 spiro atoms. The summed E-state index contributed by atoms with van der Waals surface area (Å²) in [7, 11) is 0. The predicted molar refractivity (Wildman–Crippen MR) is 65.2 cm³/mol. The number of carbonyl (C=O) groups excluding carboxylic acids is 1. The molecule has 0 unspecified atom stereocenters. The van der Waals surface area contributed by atoms with Gasteiger partial charge in [0.1, 0.15) is 10.6 Å². The second-order valence-electron chi connectivity index (χ2n) is 3.58. The molecule has 1 N–H and O–H groups in total. The molecular formula is C12H9NO4S. The van der Waals surface area contributed by atoms with Crippen molar-refractivity contribution >= 4 is 23.5 Å². The standard InChI is InChI=1S/C12H9NO4S/c1-7-2-4-8(5-3-7)17-12(16)9-6-10(11(14)15)18-13-9/h2-6H,1H3,(H,14,15). The minimum atomic E-state index is -1.11. The molecule has 0 amide bonds. The number of carboxylic acid groups (broad SMARTS) is 1. The van der Waals surface area contributed by atoms with E-state index in [1.165, 1.54) is 6.07 Å². The van der Waals surface area contributed by atoms with E-state index in [2.05, 4.69) is 4.37 Å². The number of nitrogens with zero attached hydrogens (tertiary/aromatic N) is 1. The molecule has 5 nitrogen and oxygen atoms in total. The van der Waals surface area contributed by atoms with Crippen molar-refractivity contribution in [2.75, 3.05) is 0 Å². The summed E-state index contributed by atoms with van der Waals surface area (Å²) in [5.74, 6) is -1.38. The summed E-state index contributed by atoms with van der Waals surface area (Å²) < 4.78 is 8.80. The lowest BCUT2D eigenvalue weighted by Crippen LogP contribution is -2.08. The molecule has 0 saturated carbocycles. The molecule has 0 bridgehead atoms. The van der Waals surface area contributed by atoms with E-state index in [4.69, 9.17) is 9.84 Å². The van der Waals surface area contributed by atoms with Crippen LogP contribution in [0.15, 0.2) is 30.3 Å². The number of carbonyl (C=O) groups is 2. The first kappa shape index (κ1) is 12.3. The van der Waals surface area contributed by atoms with Gasteiger partial charge in [0.2, 0.25) is 0 Å². The zero-order valence-electron chi connectivity index (χ0n) is 9.41. The van der Waals surface area contributed by atoms with Crippen LogP contribution in [0.5, 0.6) is 5.75 Å². The Morgan fingerprint density at radius 3 is 2.50 bits per heavy atom. The van der Waals surface area contributed by atoms with Gasteiger partial charge in [0.05, 0.1) is 0 Å². The van der Waals surface area contributed by atoms with Gasteiger partial charge in [-0.15, -0.1) is 0 Å². The molecule has 2 rings (SSSR count). The Morgan fingerprint density at radius 1 is 1.28 bits per heavy atom. The third-order valence-corrected chi connectivity index (χ3v) is 2.94. The molecule has 1 heterocycles. The Bertz CT molecular complexity index is 588. The first-order valence-corrected chi connectivity index (χ1v) is 5.82. The van der Waals surface area contributed by atoms with Crippen LogP contribution in [0.2, 0.25) is 0 Å². The number of benzene rings is 1. The maximum absolute atomic E-state index is 11.7. The first-order valence-electron chi connectivity index (χ1n) is 5.05. The summed E-state index contributed by atoms with van der Waals surface area (Å²) in [5.41, 5.74) is 1.05. The Morgan fingerprint density at radius 2 is 1.94 bits per heavy atom. The molecule has 0 saturated heterocycles. The monoisotopic (exact) mass is 263 g/mol. The van der Waals surface area contributed by atoms with Crippen LogP contribution in [0, 0.1) is 6.92 Å². The molecule has 0 atom stereocenters. The summed E-state index contributed by atoms with van der Waals surface area (Å²) in [6, 6.07) is 8.15. The maximum Gasteiger partial charge on any atom is 0.363 e. The number of hydrogen-bond donors (Lipinski definition) is 1. The smallest absolute Gasteiger partial charge is 0.363 e. The van der Waals surface area contributed by atoms with Crippen LogP contribution in [0.25, 0.3) is 0 Å². The van der Waals surface area contributed by atoms with E-state index in [1.807, 2.05) is 19.1 Å². The number of aromatic nitrogens is 1. The van der Waals surface area contributed by atoms with E-state index in [9.17, 15) is 9.59 Å². The van der Waals surface area contributed by atoms with Gasteiger partial charge in [0.25, 0.3) is 0 Å². The van der Waals surface area contributed by atoms with E-state index in [-0.39, 0.29) is 10.6 Å². The summed E-state index contributed by atoms with van der Waals surface area (Å²) in [5, 5.41) is 8.72. The van der Waals surface area contributed by atoms with Gasteiger partial charge in [-0.25, -0.2) is 9.59 Å². The summed E-state index contributed by atoms with van der Waals surface area (Å²) in [4.78, 5) is 22.3. The number of ether oxygens (including phenoxy) is 1. The zero-order valence-corrected chi connectivity index (χ0v) is 10.2. The van der Waals surface area contributed by atoms with Gasteiger partial charge >= 0.3 is 11.9 Å². The van der Waals surface area contributed by atoms with Crippen LogP contribution < -0.4 is 4.74 Å². The van der Waals surface area contributed by atoms with Gasteiger partial charge < -0.3 is 9.84 Å². The average molecular weight is 263 g/mol. The van der Waals surface area contributed by atoms with Crippen LogP contribution in [0.4, 0.5) is 0 Å². The average Bonchev–Trinajstić information content (AvgIpc) is 2.81. The Labute approximate surface area is 107 Å². The summed E-state index contributed by atoms with van der Waals surface area (Å²) in [6.45, 7) is 1.92. The molecule has 0 radical (unpaired) electrons. The van der Waals surface area contributed by atoms with Crippen molar-refractivity contribution in [2.45, 2.75) is 6.92 Å². The Balaban J connectivity index is 2.11. The van der Waals surface area contributed by atoms with Crippen molar-refractivity contribution in [1.29, 1.82) is 0 Å². The SMILES string of the molecule is Cc1ccc(OC(=O)c2cc(C(=O)O)sn2)cc1. The van der Waals surface area contributed by atoms with Gasteiger partial charge in [0, 0.05) is 0 Å². The van der Waals surface area contributed by atoms with Crippen LogP contribution in [-0.4, -0.2) is 21.4 Å². The van der Waals surface area contributed by atoms with Gasteiger partial charge in [-0.1, -0.05) is 17.7 Å². The zero-order chi connectivity index (χ0) is 13.1. The normalized spacial score (nSPS) is 10.1. The van der Waals surface area contributed by atoms with Crippen LogP contribution >= 0.6 is 11.5 Å². The molecule has 0 aliphatic rings. The number of aryl methyl sites for hydroxylation is 1. The van der Waals surface area contributed by atoms with Crippen molar-refractivity contribution in [1.82, 2.24) is 4.37 Å². The highest BCUT2D eigenvalue weighted by atomic mass is 32.1. The fourth-order valence-electron chi connectivity index (χ4n) is 1.24. The quantitative estimate of drug-likeness (QED) is 0.679. The van der Waals surface area contributed by atoms with Crippen molar-refractivity contribution in [3.63, 3.8) is 0 Å². The highest BCUT2D eigenvalue weighted by Gasteiger charge is 2.16. The second kappa shape index (κ2) is 4.97. The fourth-order valence-corrected chi connectivity index (χ4v) is 1.80. The Hall–Kier alpha value is -2.21. The number of esters is 1. The molecule has 0 fully saturated rings. The van der Waals surface area contributed by atoms with E-state index in [1.54, 1.807) is 12.1 Å². The van der Waals surface area contributed by atoms with Gasteiger partial charge in [-0.3, -0.25) is 0 Å². The van der Waals surface area contributed by atoms with E-state index >= 15 is 0 Å². The molecule has 0 aliphatic carbocycles. The molecule has 1 aromatic heterocycles. The molecule has 92 valence electrons. The number of carboxylic acids is 1. The minimum Gasteiger partial charge on any atom is -0.477 e. The highest BCUT2D eigenvalue weighted by Crippen LogP contribution is 2.15. The van der Waals surface area contributed by atoms with Crippen molar-refractivity contribution in [2.24, 2.45) is 0 Å². The van der Waals surface area contributed by atoms with Crippen LogP contribution in [0.3, 0.4) is 0 Å². The van der Waals surface area contributed by atoms with Crippen LogP contribution in [-0.2, 0) is 0 Å². The van der Waals surface area contributed by atoms with Crippen molar-refractivity contribution in [3.05, 3.63) is 46.5 Å². The van der Waals surface area contributed by atoms with Crippen molar-refractivity contribution in [3.8, 4) is 5.75 Å². The molecule has 0 aliphatic heterocycles. The highest BCUT2D eigenvalue weighted by molar-refractivity contribution is 7.08. The second-order valence-corrected chi connectivity index (χ2v) is 4.39. The maximum atomic E-state index is 11.7. The first-order chi connectivity index (χ1) is 8.56. The third-order valence-electron chi connectivity index (χ3n) is 2.16.